The predicted molar refractivity (Wildman–Crippen MR) is 66.3 cm³/mol. The summed E-state index contributed by atoms with van der Waals surface area (Å²) in [5.74, 6) is -1.22. The van der Waals surface area contributed by atoms with E-state index in [-0.39, 0.29) is 30.8 Å². The van der Waals surface area contributed by atoms with Crippen LogP contribution in [-0.2, 0) is 6.18 Å². The molecular formula is C11H7ClF5N5O. The van der Waals surface area contributed by atoms with Crippen molar-refractivity contribution >= 4 is 17.5 Å². The van der Waals surface area contributed by atoms with Gasteiger partial charge in [-0.25, -0.2) is 9.97 Å². The Kier molecular flexibility index (Phi) is 3.82. The van der Waals surface area contributed by atoms with Crippen molar-refractivity contribution in [2.24, 2.45) is 0 Å². The topological polar surface area (TPSA) is 67.9 Å². The molecule has 124 valence electrons. The van der Waals surface area contributed by atoms with Gasteiger partial charge in [-0.1, -0.05) is 16.8 Å². The molecule has 3 heterocycles. The molecule has 0 aromatic carbocycles. The Hall–Kier alpha value is -2.04. The van der Waals surface area contributed by atoms with Gasteiger partial charge in [-0.15, -0.1) is 0 Å². The van der Waals surface area contributed by atoms with Gasteiger partial charge in [0.2, 0.25) is 5.95 Å². The summed E-state index contributed by atoms with van der Waals surface area (Å²) in [5, 5.41) is 2.82. The van der Waals surface area contributed by atoms with Gasteiger partial charge < -0.3 is 9.42 Å². The highest BCUT2D eigenvalue weighted by Gasteiger charge is 2.39. The zero-order chi connectivity index (χ0) is 16.8. The van der Waals surface area contributed by atoms with Gasteiger partial charge >= 0.3 is 12.6 Å². The van der Waals surface area contributed by atoms with Crippen molar-refractivity contribution in [3.8, 4) is 0 Å². The van der Waals surface area contributed by atoms with E-state index >= 15 is 0 Å². The van der Waals surface area contributed by atoms with Crippen LogP contribution in [0.5, 0.6) is 0 Å². The second-order valence-electron chi connectivity index (χ2n) is 4.76. The van der Waals surface area contributed by atoms with Crippen LogP contribution in [0.25, 0.3) is 0 Å². The third-order valence-electron chi connectivity index (χ3n) is 3.17. The van der Waals surface area contributed by atoms with Crippen molar-refractivity contribution in [1.82, 2.24) is 20.1 Å². The fourth-order valence-corrected chi connectivity index (χ4v) is 2.21. The van der Waals surface area contributed by atoms with E-state index in [0.29, 0.717) is 0 Å². The number of alkyl halides is 5. The largest absolute Gasteiger partial charge is 0.435 e. The van der Waals surface area contributed by atoms with E-state index in [1.807, 2.05) is 0 Å². The predicted octanol–water partition coefficient (Wildman–Crippen LogP) is 3.07. The summed E-state index contributed by atoms with van der Waals surface area (Å²) in [6.45, 7) is 0.363. The molecule has 3 rings (SSSR count). The van der Waals surface area contributed by atoms with Crippen LogP contribution < -0.4 is 4.90 Å². The monoisotopic (exact) mass is 355 g/mol. The minimum atomic E-state index is -4.70. The van der Waals surface area contributed by atoms with Crippen molar-refractivity contribution in [2.75, 3.05) is 18.0 Å². The van der Waals surface area contributed by atoms with Gasteiger partial charge in [-0.2, -0.15) is 26.9 Å². The van der Waals surface area contributed by atoms with Crippen molar-refractivity contribution in [1.29, 1.82) is 0 Å². The molecule has 12 heteroatoms. The number of aromatic nitrogens is 4. The minimum absolute atomic E-state index is 0.0709. The first-order valence-corrected chi connectivity index (χ1v) is 6.60. The maximum atomic E-state index is 12.7. The van der Waals surface area contributed by atoms with Crippen molar-refractivity contribution in [3.05, 3.63) is 28.6 Å². The average molecular weight is 356 g/mol. The molecule has 1 aliphatic rings. The highest BCUT2D eigenvalue weighted by molar-refractivity contribution is 6.31. The minimum Gasteiger partial charge on any atom is -0.339 e. The summed E-state index contributed by atoms with van der Waals surface area (Å²) in [7, 11) is 0. The molecule has 0 aliphatic carbocycles. The lowest BCUT2D eigenvalue weighted by molar-refractivity contribution is -0.141. The number of halogens is 6. The number of hydrogen-bond acceptors (Lipinski definition) is 6. The Morgan fingerprint density at radius 2 is 1.96 bits per heavy atom. The Bertz CT molecular complexity index is 715. The fraction of sp³-hybridized carbons (Fsp3) is 0.455. The summed E-state index contributed by atoms with van der Waals surface area (Å²) in [6.07, 6.45) is -6.70. The molecule has 6 nitrogen and oxygen atoms in total. The van der Waals surface area contributed by atoms with E-state index in [9.17, 15) is 22.0 Å². The van der Waals surface area contributed by atoms with Crippen molar-refractivity contribution in [3.63, 3.8) is 0 Å². The van der Waals surface area contributed by atoms with Gasteiger partial charge in [0.05, 0.1) is 17.1 Å². The summed E-state index contributed by atoms with van der Waals surface area (Å²) in [6, 6.07) is 0. The highest BCUT2D eigenvalue weighted by atomic mass is 35.5. The molecule has 2 aromatic heterocycles. The van der Waals surface area contributed by atoms with Gasteiger partial charge in [0.15, 0.2) is 11.5 Å². The van der Waals surface area contributed by atoms with E-state index < -0.39 is 29.2 Å². The first kappa shape index (κ1) is 15.8. The van der Waals surface area contributed by atoms with Crippen molar-refractivity contribution < 1.29 is 26.5 Å². The smallest absolute Gasteiger partial charge is 0.339 e. The van der Waals surface area contributed by atoms with Crippen LogP contribution in [-0.4, -0.2) is 33.2 Å². The van der Waals surface area contributed by atoms with Crippen LogP contribution in [0, 0.1) is 0 Å². The van der Waals surface area contributed by atoms with Crippen LogP contribution >= 0.6 is 11.6 Å². The van der Waals surface area contributed by atoms with Crippen molar-refractivity contribution in [2.45, 2.75) is 18.5 Å². The normalized spacial score (nSPS) is 16.0. The molecule has 0 saturated carbocycles. The van der Waals surface area contributed by atoms with Crippen LogP contribution in [0.4, 0.5) is 27.9 Å². The molecule has 1 aliphatic heterocycles. The van der Waals surface area contributed by atoms with Crippen LogP contribution in [0.1, 0.15) is 29.8 Å². The van der Waals surface area contributed by atoms with Gasteiger partial charge in [0, 0.05) is 13.1 Å². The lowest BCUT2D eigenvalue weighted by Crippen LogP contribution is -2.46. The molecule has 0 atom stereocenters. The zero-order valence-electron chi connectivity index (χ0n) is 11.1. The van der Waals surface area contributed by atoms with E-state index in [1.54, 1.807) is 0 Å². The number of hydrogen-bond donors (Lipinski definition) is 0. The third-order valence-corrected chi connectivity index (χ3v) is 3.45. The molecule has 0 N–H and O–H groups in total. The number of rotatable bonds is 3. The van der Waals surface area contributed by atoms with Gasteiger partial charge in [0.1, 0.15) is 0 Å². The molecule has 0 radical (unpaired) electrons. The SMILES string of the molecule is FC(F)c1nc(C2CN(c3ncc(Cl)c(C(F)(F)F)n3)C2)no1. The van der Waals surface area contributed by atoms with E-state index in [2.05, 4.69) is 24.6 Å². The lowest BCUT2D eigenvalue weighted by Gasteiger charge is -2.37. The maximum Gasteiger partial charge on any atom is 0.435 e. The summed E-state index contributed by atoms with van der Waals surface area (Å²) in [5.41, 5.74) is -1.23. The first-order chi connectivity index (χ1) is 10.8. The summed E-state index contributed by atoms with van der Waals surface area (Å²) >= 11 is 5.44. The Labute approximate surface area is 130 Å². The summed E-state index contributed by atoms with van der Waals surface area (Å²) in [4.78, 5) is 12.1. The van der Waals surface area contributed by atoms with Gasteiger partial charge in [-0.05, 0) is 0 Å². The molecule has 23 heavy (non-hydrogen) atoms. The second-order valence-corrected chi connectivity index (χ2v) is 5.16. The average Bonchev–Trinajstić information content (AvgIpc) is 2.87. The van der Waals surface area contributed by atoms with E-state index in [4.69, 9.17) is 11.6 Å². The number of anilines is 1. The van der Waals surface area contributed by atoms with E-state index in [1.165, 1.54) is 4.90 Å². The Morgan fingerprint density at radius 3 is 2.52 bits per heavy atom. The highest BCUT2D eigenvalue weighted by Crippen LogP contribution is 2.35. The van der Waals surface area contributed by atoms with Crippen LogP contribution in [0.2, 0.25) is 5.02 Å². The van der Waals surface area contributed by atoms with Crippen LogP contribution in [0.3, 0.4) is 0 Å². The maximum absolute atomic E-state index is 12.7. The quantitative estimate of drug-likeness (QED) is 0.788. The van der Waals surface area contributed by atoms with Gasteiger partial charge in [0.25, 0.3) is 5.89 Å². The Balaban J connectivity index is 1.72. The molecule has 2 aromatic rings. The standard InChI is InChI=1S/C11H7ClF5N5O/c12-5-1-18-10(19-6(5)11(15,16)17)22-2-4(3-22)8-20-9(7(13)14)23-21-8/h1,4,7H,2-3H2. The molecule has 1 fully saturated rings. The van der Waals surface area contributed by atoms with Gasteiger partial charge in [-0.3, -0.25) is 0 Å². The second kappa shape index (κ2) is 5.55. The third kappa shape index (κ3) is 3.05. The number of nitrogens with zero attached hydrogens (tertiary/aromatic N) is 5. The molecule has 0 bridgehead atoms. The molecule has 0 amide bonds. The van der Waals surface area contributed by atoms with E-state index in [0.717, 1.165) is 6.20 Å². The Morgan fingerprint density at radius 1 is 1.26 bits per heavy atom. The first-order valence-electron chi connectivity index (χ1n) is 6.22. The molecule has 1 saturated heterocycles. The lowest BCUT2D eigenvalue weighted by atomic mass is 10.0. The fourth-order valence-electron chi connectivity index (χ4n) is 2.02. The van der Waals surface area contributed by atoms with Crippen LogP contribution in [0.15, 0.2) is 10.7 Å². The molecular weight excluding hydrogens is 349 g/mol. The molecule has 0 spiro atoms. The zero-order valence-corrected chi connectivity index (χ0v) is 11.8. The summed E-state index contributed by atoms with van der Waals surface area (Å²) < 4.78 is 67.3. The molecule has 0 unspecified atom stereocenters.